The maximum atomic E-state index is 12.8. The molecule has 0 atom stereocenters. The zero-order chi connectivity index (χ0) is 11.9. The molecular formula is C11H10BrF3O. The van der Waals surface area contributed by atoms with Crippen molar-refractivity contribution < 1.29 is 17.9 Å². The highest BCUT2D eigenvalue weighted by Gasteiger charge is 2.37. The molecule has 0 N–H and O–H groups in total. The number of hydrogen-bond acceptors (Lipinski definition) is 1. The number of fused-ring (bicyclic) bond motifs is 1. The van der Waals surface area contributed by atoms with Crippen LogP contribution in [0, 0.1) is 6.92 Å². The van der Waals surface area contributed by atoms with Gasteiger partial charge in [-0.25, -0.2) is 0 Å². The summed E-state index contributed by atoms with van der Waals surface area (Å²) in [6.45, 7) is 2.16. The van der Waals surface area contributed by atoms with Gasteiger partial charge < -0.3 is 4.74 Å². The number of halogens is 4. The van der Waals surface area contributed by atoms with Gasteiger partial charge in [0.15, 0.2) is 0 Å². The molecule has 0 unspecified atom stereocenters. The van der Waals surface area contributed by atoms with E-state index in [4.69, 9.17) is 4.74 Å². The fourth-order valence-electron chi connectivity index (χ4n) is 1.88. The van der Waals surface area contributed by atoms with Gasteiger partial charge in [0.1, 0.15) is 5.75 Å². The fraction of sp³-hybridized carbons (Fsp3) is 0.455. The zero-order valence-electron chi connectivity index (χ0n) is 8.62. The molecule has 1 heterocycles. The molecule has 0 aromatic heterocycles. The Kier molecular flexibility index (Phi) is 2.90. The summed E-state index contributed by atoms with van der Waals surface area (Å²) in [5.41, 5.74) is 0.829. The van der Waals surface area contributed by atoms with Crippen LogP contribution in [0.3, 0.4) is 0 Å². The van der Waals surface area contributed by atoms with Crippen LogP contribution < -0.4 is 4.74 Å². The fourth-order valence-corrected chi connectivity index (χ4v) is 2.35. The van der Waals surface area contributed by atoms with Crippen molar-refractivity contribution in [2.24, 2.45) is 0 Å². The molecule has 0 spiro atoms. The van der Waals surface area contributed by atoms with E-state index in [2.05, 4.69) is 15.9 Å². The van der Waals surface area contributed by atoms with Crippen LogP contribution in [0.4, 0.5) is 13.2 Å². The average molecular weight is 295 g/mol. The molecule has 0 fully saturated rings. The van der Waals surface area contributed by atoms with Crippen LogP contribution in [-0.4, -0.2) is 6.61 Å². The molecule has 0 radical (unpaired) electrons. The average Bonchev–Trinajstić information content (AvgIpc) is 2.22. The molecule has 1 nitrogen and oxygen atoms in total. The van der Waals surface area contributed by atoms with Crippen molar-refractivity contribution in [2.75, 3.05) is 6.61 Å². The number of benzene rings is 1. The van der Waals surface area contributed by atoms with Gasteiger partial charge in [-0.3, -0.25) is 0 Å². The minimum absolute atomic E-state index is 0.0134. The van der Waals surface area contributed by atoms with Gasteiger partial charge in [0.25, 0.3) is 0 Å². The maximum Gasteiger partial charge on any atom is 0.420 e. The number of hydrogen-bond donors (Lipinski definition) is 0. The predicted octanol–water partition coefficient (Wildman–Crippen LogP) is 4.10. The molecule has 5 heteroatoms. The molecule has 1 aromatic rings. The monoisotopic (exact) mass is 294 g/mol. The van der Waals surface area contributed by atoms with E-state index in [1.165, 1.54) is 0 Å². The predicted molar refractivity (Wildman–Crippen MR) is 57.7 cm³/mol. The van der Waals surface area contributed by atoms with Crippen LogP contribution >= 0.6 is 15.9 Å². The largest absolute Gasteiger partial charge is 0.493 e. The van der Waals surface area contributed by atoms with Crippen LogP contribution in [0.25, 0.3) is 0 Å². The third-order valence-electron chi connectivity index (χ3n) is 2.72. The first-order chi connectivity index (χ1) is 7.41. The lowest BCUT2D eigenvalue weighted by molar-refractivity contribution is -0.139. The van der Waals surface area contributed by atoms with Crippen molar-refractivity contribution in [3.63, 3.8) is 0 Å². The Morgan fingerprint density at radius 2 is 2.06 bits per heavy atom. The first-order valence-corrected chi connectivity index (χ1v) is 5.72. The van der Waals surface area contributed by atoms with E-state index in [0.717, 1.165) is 18.1 Å². The number of ether oxygens (including phenoxy) is 1. The molecule has 0 aliphatic carbocycles. The minimum Gasteiger partial charge on any atom is -0.493 e. The highest BCUT2D eigenvalue weighted by atomic mass is 79.9. The summed E-state index contributed by atoms with van der Waals surface area (Å²) in [6, 6.07) is 1.10. The van der Waals surface area contributed by atoms with Crippen LogP contribution in [0.15, 0.2) is 10.5 Å². The Bertz CT molecular complexity index is 426. The maximum absolute atomic E-state index is 12.8. The molecule has 0 saturated heterocycles. The molecule has 88 valence electrons. The molecule has 0 bridgehead atoms. The van der Waals surface area contributed by atoms with Crippen LogP contribution in [0.1, 0.15) is 23.1 Å². The Morgan fingerprint density at radius 3 is 2.69 bits per heavy atom. The number of alkyl halides is 3. The van der Waals surface area contributed by atoms with Crippen LogP contribution in [0.2, 0.25) is 0 Å². The standard InChI is InChI=1S/C11H10BrF3O/c1-6-7-3-2-4-16-10(7)8(5-9(6)12)11(13,14)15/h5H,2-4H2,1H3. The lowest BCUT2D eigenvalue weighted by Gasteiger charge is -2.24. The van der Waals surface area contributed by atoms with Crippen LogP contribution in [0.5, 0.6) is 5.75 Å². The summed E-state index contributed by atoms with van der Waals surface area (Å²) in [5, 5.41) is 0. The molecule has 1 aliphatic rings. The SMILES string of the molecule is Cc1c(Br)cc(C(F)(F)F)c2c1CCCO2. The summed E-state index contributed by atoms with van der Waals surface area (Å²) in [4.78, 5) is 0. The highest BCUT2D eigenvalue weighted by molar-refractivity contribution is 9.10. The second kappa shape index (κ2) is 3.95. The quantitative estimate of drug-likeness (QED) is 0.700. The van der Waals surface area contributed by atoms with E-state index in [-0.39, 0.29) is 5.75 Å². The third-order valence-corrected chi connectivity index (χ3v) is 3.55. The van der Waals surface area contributed by atoms with Gasteiger partial charge in [-0.1, -0.05) is 15.9 Å². The lowest BCUT2D eigenvalue weighted by Crippen LogP contribution is -2.16. The smallest absolute Gasteiger partial charge is 0.420 e. The van der Waals surface area contributed by atoms with Crippen molar-refractivity contribution in [2.45, 2.75) is 25.9 Å². The van der Waals surface area contributed by atoms with E-state index < -0.39 is 11.7 Å². The van der Waals surface area contributed by atoms with Gasteiger partial charge in [0.05, 0.1) is 12.2 Å². The highest BCUT2D eigenvalue weighted by Crippen LogP contribution is 2.43. The van der Waals surface area contributed by atoms with E-state index in [0.29, 0.717) is 23.1 Å². The summed E-state index contributed by atoms with van der Waals surface area (Å²) in [5.74, 6) is 0.0134. The summed E-state index contributed by atoms with van der Waals surface area (Å²) >= 11 is 3.16. The third kappa shape index (κ3) is 1.93. The molecule has 0 saturated carbocycles. The molecule has 16 heavy (non-hydrogen) atoms. The van der Waals surface area contributed by atoms with Crippen LogP contribution in [-0.2, 0) is 12.6 Å². The lowest BCUT2D eigenvalue weighted by atomic mass is 9.97. The molecule has 0 amide bonds. The van der Waals surface area contributed by atoms with E-state index in [1.807, 2.05) is 0 Å². The van der Waals surface area contributed by atoms with Gasteiger partial charge >= 0.3 is 6.18 Å². The first kappa shape index (κ1) is 11.8. The summed E-state index contributed by atoms with van der Waals surface area (Å²) in [6.07, 6.45) is -2.96. The van der Waals surface area contributed by atoms with Gasteiger partial charge in [-0.2, -0.15) is 13.2 Å². The second-order valence-electron chi connectivity index (χ2n) is 3.79. The molecule has 1 aromatic carbocycles. The van der Waals surface area contributed by atoms with E-state index in [1.54, 1.807) is 6.92 Å². The molecular weight excluding hydrogens is 285 g/mol. The molecule has 2 rings (SSSR count). The second-order valence-corrected chi connectivity index (χ2v) is 4.64. The Morgan fingerprint density at radius 1 is 1.38 bits per heavy atom. The summed E-state index contributed by atoms with van der Waals surface area (Å²) in [7, 11) is 0. The molecule has 1 aliphatic heterocycles. The van der Waals surface area contributed by atoms with Crippen molar-refractivity contribution in [3.05, 3.63) is 27.2 Å². The van der Waals surface area contributed by atoms with Crippen molar-refractivity contribution in [3.8, 4) is 5.75 Å². The minimum atomic E-state index is -4.36. The van der Waals surface area contributed by atoms with Gasteiger partial charge in [-0.15, -0.1) is 0 Å². The first-order valence-electron chi connectivity index (χ1n) is 4.93. The van der Waals surface area contributed by atoms with E-state index in [9.17, 15) is 13.2 Å². The van der Waals surface area contributed by atoms with Crippen molar-refractivity contribution >= 4 is 15.9 Å². The van der Waals surface area contributed by atoms with Gasteiger partial charge in [-0.05, 0) is 37.0 Å². The Labute approximate surface area is 99.7 Å². The van der Waals surface area contributed by atoms with Gasteiger partial charge in [0.2, 0.25) is 0 Å². The summed E-state index contributed by atoms with van der Waals surface area (Å²) < 4.78 is 44.0. The van der Waals surface area contributed by atoms with E-state index >= 15 is 0 Å². The zero-order valence-corrected chi connectivity index (χ0v) is 10.2. The van der Waals surface area contributed by atoms with Gasteiger partial charge in [0, 0.05) is 4.47 Å². The normalized spacial score (nSPS) is 15.6. The Hall–Kier alpha value is -0.710. The Balaban J connectivity index is 2.67. The van der Waals surface area contributed by atoms with Crippen molar-refractivity contribution in [1.82, 2.24) is 0 Å². The number of rotatable bonds is 0. The van der Waals surface area contributed by atoms with Crippen molar-refractivity contribution in [1.29, 1.82) is 0 Å². The topological polar surface area (TPSA) is 9.23 Å².